The minimum atomic E-state index is 0.309. The van der Waals surface area contributed by atoms with E-state index in [-0.39, 0.29) is 0 Å². The van der Waals surface area contributed by atoms with E-state index in [9.17, 15) is 0 Å². The number of hydrogen-bond acceptors (Lipinski definition) is 3. The SMILES string of the molecule is C#CCOc1ccc(Br)cc1CNCCCCCSC. The average Bonchev–Trinajstić information content (AvgIpc) is 2.45. The van der Waals surface area contributed by atoms with Gasteiger partial charge in [0.2, 0.25) is 0 Å². The van der Waals surface area contributed by atoms with Crippen LogP contribution in [-0.2, 0) is 6.54 Å². The molecule has 20 heavy (non-hydrogen) atoms. The molecule has 1 aromatic carbocycles. The van der Waals surface area contributed by atoms with Crippen LogP contribution in [0.3, 0.4) is 0 Å². The lowest BCUT2D eigenvalue weighted by Crippen LogP contribution is -2.15. The van der Waals surface area contributed by atoms with E-state index in [0.29, 0.717) is 6.61 Å². The maximum absolute atomic E-state index is 5.55. The van der Waals surface area contributed by atoms with Crippen LogP contribution in [0.1, 0.15) is 24.8 Å². The molecule has 4 heteroatoms. The van der Waals surface area contributed by atoms with E-state index in [4.69, 9.17) is 11.2 Å². The molecule has 0 unspecified atom stereocenters. The summed E-state index contributed by atoms with van der Waals surface area (Å²) in [6.07, 6.45) is 11.2. The Kier molecular flexibility index (Phi) is 9.65. The lowest BCUT2D eigenvalue weighted by atomic mass is 10.2. The van der Waals surface area contributed by atoms with Gasteiger partial charge in [-0.1, -0.05) is 28.3 Å². The first kappa shape index (κ1) is 17.4. The molecular formula is C16H22BrNOS. The van der Waals surface area contributed by atoms with Crippen LogP contribution in [0.2, 0.25) is 0 Å². The number of unbranched alkanes of at least 4 members (excludes halogenated alkanes) is 2. The number of benzene rings is 1. The number of thioether (sulfide) groups is 1. The van der Waals surface area contributed by atoms with Gasteiger partial charge in [-0.05, 0) is 49.6 Å². The second-order valence-corrected chi connectivity index (χ2v) is 6.38. The third kappa shape index (κ3) is 7.23. The van der Waals surface area contributed by atoms with Crippen LogP contribution in [0, 0.1) is 12.3 Å². The maximum atomic E-state index is 5.55. The van der Waals surface area contributed by atoms with Gasteiger partial charge in [-0.2, -0.15) is 11.8 Å². The molecule has 1 aromatic rings. The van der Waals surface area contributed by atoms with E-state index < -0.39 is 0 Å². The summed E-state index contributed by atoms with van der Waals surface area (Å²) >= 11 is 5.40. The monoisotopic (exact) mass is 355 g/mol. The third-order valence-electron chi connectivity index (χ3n) is 2.85. The van der Waals surface area contributed by atoms with Crippen molar-refractivity contribution in [1.29, 1.82) is 0 Å². The van der Waals surface area contributed by atoms with E-state index in [0.717, 1.165) is 28.9 Å². The van der Waals surface area contributed by atoms with Gasteiger partial charge < -0.3 is 10.1 Å². The maximum Gasteiger partial charge on any atom is 0.148 e. The van der Waals surface area contributed by atoms with Crippen LogP contribution in [0.4, 0.5) is 0 Å². The standard InChI is InChI=1S/C16H22BrNOS/c1-3-10-19-16-8-7-15(17)12-14(16)13-18-9-5-4-6-11-20-2/h1,7-8,12,18H,4-6,9-11,13H2,2H3. The zero-order valence-electron chi connectivity index (χ0n) is 12.0. The summed E-state index contributed by atoms with van der Waals surface area (Å²) in [5.74, 6) is 4.62. The molecular weight excluding hydrogens is 334 g/mol. The van der Waals surface area contributed by atoms with Crippen LogP contribution in [0.15, 0.2) is 22.7 Å². The quantitative estimate of drug-likeness (QED) is 0.504. The second kappa shape index (κ2) is 11.1. The Balaban J connectivity index is 2.34. The van der Waals surface area contributed by atoms with Gasteiger partial charge in [-0.3, -0.25) is 0 Å². The summed E-state index contributed by atoms with van der Waals surface area (Å²) < 4.78 is 6.61. The fraction of sp³-hybridized carbons (Fsp3) is 0.500. The molecule has 110 valence electrons. The van der Waals surface area contributed by atoms with Gasteiger partial charge in [0.25, 0.3) is 0 Å². The number of ether oxygens (including phenoxy) is 1. The topological polar surface area (TPSA) is 21.3 Å². The van der Waals surface area contributed by atoms with Gasteiger partial charge in [0.1, 0.15) is 12.4 Å². The van der Waals surface area contributed by atoms with E-state index in [1.165, 1.54) is 25.0 Å². The number of halogens is 1. The number of rotatable bonds is 10. The van der Waals surface area contributed by atoms with Gasteiger partial charge in [0.05, 0.1) is 0 Å². The molecule has 0 aliphatic carbocycles. The second-order valence-electron chi connectivity index (χ2n) is 4.48. The molecule has 0 amide bonds. The van der Waals surface area contributed by atoms with Crippen LogP contribution in [0.5, 0.6) is 5.75 Å². The lowest BCUT2D eigenvalue weighted by molar-refractivity contribution is 0.364. The molecule has 1 N–H and O–H groups in total. The van der Waals surface area contributed by atoms with Crippen molar-refractivity contribution in [2.24, 2.45) is 0 Å². The molecule has 0 aromatic heterocycles. The van der Waals surface area contributed by atoms with E-state index in [1.807, 2.05) is 23.9 Å². The highest BCUT2D eigenvalue weighted by Crippen LogP contribution is 2.23. The molecule has 0 radical (unpaired) electrons. The largest absolute Gasteiger partial charge is 0.481 e. The fourth-order valence-corrected chi connectivity index (χ4v) is 2.74. The van der Waals surface area contributed by atoms with E-state index in [2.05, 4.69) is 39.5 Å². The lowest BCUT2D eigenvalue weighted by Gasteiger charge is -2.11. The molecule has 0 spiro atoms. The number of nitrogens with one attached hydrogen (secondary N) is 1. The summed E-state index contributed by atoms with van der Waals surface area (Å²) in [5.41, 5.74) is 1.14. The molecule has 0 aliphatic heterocycles. The molecule has 0 fully saturated rings. The molecule has 0 saturated heterocycles. The van der Waals surface area contributed by atoms with Gasteiger partial charge in [-0.15, -0.1) is 6.42 Å². The van der Waals surface area contributed by atoms with Crippen molar-refractivity contribution in [3.63, 3.8) is 0 Å². The van der Waals surface area contributed by atoms with Gasteiger partial charge in [0, 0.05) is 16.6 Å². The van der Waals surface area contributed by atoms with Crippen molar-refractivity contribution in [3.05, 3.63) is 28.2 Å². The molecule has 2 nitrogen and oxygen atoms in total. The molecule has 0 aliphatic rings. The Morgan fingerprint density at radius 1 is 1.35 bits per heavy atom. The van der Waals surface area contributed by atoms with Gasteiger partial charge in [-0.25, -0.2) is 0 Å². The first-order valence-corrected chi connectivity index (χ1v) is 9.01. The third-order valence-corrected chi connectivity index (χ3v) is 4.04. The summed E-state index contributed by atoms with van der Waals surface area (Å²) in [7, 11) is 0. The Hall–Kier alpha value is -0.630. The summed E-state index contributed by atoms with van der Waals surface area (Å²) in [4.78, 5) is 0. The molecule has 0 bridgehead atoms. The van der Waals surface area contributed by atoms with Crippen LogP contribution < -0.4 is 10.1 Å². The van der Waals surface area contributed by atoms with Crippen molar-refractivity contribution < 1.29 is 4.74 Å². The highest BCUT2D eigenvalue weighted by molar-refractivity contribution is 9.10. The van der Waals surface area contributed by atoms with Crippen molar-refractivity contribution in [1.82, 2.24) is 5.32 Å². The zero-order valence-corrected chi connectivity index (χ0v) is 14.4. The smallest absolute Gasteiger partial charge is 0.148 e. The van der Waals surface area contributed by atoms with Gasteiger partial charge >= 0.3 is 0 Å². The fourth-order valence-electron chi connectivity index (χ4n) is 1.84. The number of hydrogen-bond donors (Lipinski definition) is 1. The molecule has 1 rings (SSSR count). The molecule has 0 heterocycles. The van der Waals surface area contributed by atoms with Crippen molar-refractivity contribution in [2.45, 2.75) is 25.8 Å². The minimum absolute atomic E-state index is 0.309. The summed E-state index contributed by atoms with van der Waals surface area (Å²) in [6.45, 7) is 2.15. The predicted molar refractivity (Wildman–Crippen MR) is 92.4 cm³/mol. The Morgan fingerprint density at radius 3 is 2.95 bits per heavy atom. The van der Waals surface area contributed by atoms with Crippen molar-refractivity contribution in [3.8, 4) is 18.1 Å². The highest BCUT2D eigenvalue weighted by Gasteiger charge is 2.04. The Bertz CT molecular complexity index is 431. The Morgan fingerprint density at radius 2 is 2.20 bits per heavy atom. The zero-order chi connectivity index (χ0) is 14.6. The predicted octanol–water partition coefficient (Wildman–Crippen LogP) is 4.08. The summed E-state index contributed by atoms with van der Waals surface area (Å²) in [6, 6.07) is 6.00. The van der Waals surface area contributed by atoms with E-state index >= 15 is 0 Å². The van der Waals surface area contributed by atoms with Crippen LogP contribution in [-0.4, -0.2) is 25.2 Å². The summed E-state index contributed by atoms with van der Waals surface area (Å²) in [5, 5.41) is 3.46. The minimum Gasteiger partial charge on any atom is -0.481 e. The molecule has 0 saturated carbocycles. The van der Waals surface area contributed by atoms with E-state index in [1.54, 1.807) is 0 Å². The molecule has 0 atom stereocenters. The normalized spacial score (nSPS) is 10.2. The number of terminal acetylenes is 1. The first-order valence-electron chi connectivity index (χ1n) is 6.82. The van der Waals surface area contributed by atoms with Crippen molar-refractivity contribution in [2.75, 3.05) is 25.2 Å². The highest BCUT2D eigenvalue weighted by atomic mass is 79.9. The van der Waals surface area contributed by atoms with Gasteiger partial charge in [0.15, 0.2) is 0 Å². The Labute approximate surface area is 135 Å². The van der Waals surface area contributed by atoms with Crippen LogP contribution in [0.25, 0.3) is 0 Å². The average molecular weight is 356 g/mol. The van der Waals surface area contributed by atoms with Crippen molar-refractivity contribution >= 4 is 27.7 Å². The first-order chi connectivity index (χ1) is 9.77. The van der Waals surface area contributed by atoms with Crippen LogP contribution >= 0.6 is 27.7 Å².